The van der Waals surface area contributed by atoms with Gasteiger partial charge >= 0.3 is 0 Å². The number of para-hydroxylation sites is 1. The summed E-state index contributed by atoms with van der Waals surface area (Å²) in [6.45, 7) is 0.455. The number of hydrogen-bond donors (Lipinski definition) is 1. The molecule has 0 spiro atoms. The van der Waals surface area contributed by atoms with Crippen LogP contribution in [0.1, 0.15) is 11.1 Å². The van der Waals surface area contributed by atoms with Gasteiger partial charge in [-0.2, -0.15) is 0 Å². The predicted molar refractivity (Wildman–Crippen MR) is 77.6 cm³/mol. The van der Waals surface area contributed by atoms with Crippen LogP contribution in [0.3, 0.4) is 0 Å². The van der Waals surface area contributed by atoms with E-state index in [9.17, 15) is 8.78 Å². The molecule has 1 N–H and O–H groups in total. The van der Waals surface area contributed by atoms with Crippen molar-refractivity contribution in [2.75, 3.05) is 7.05 Å². The molecule has 5 heteroatoms. The van der Waals surface area contributed by atoms with Crippen molar-refractivity contribution in [1.29, 1.82) is 0 Å². The number of ether oxygens (including phenoxy) is 1. The largest absolute Gasteiger partial charge is 0.485 e. The summed E-state index contributed by atoms with van der Waals surface area (Å²) in [5.41, 5.74) is 1.07. The average Bonchev–Trinajstić information content (AvgIpc) is 2.42. The summed E-state index contributed by atoms with van der Waals surface area (Å²) in [4.78, 5) is 0. The molecule has 0 atom stereocenters. The monoisotopic (exact) mass is 341 g/mol. The predicted octanol–water partition coefficient (Wildman–Crippen LogP) is 4.03. The fourth-order valence-corrected chi connectivity index (χ4v) is 2.26. The van der Waals surface area contributed by atoms with Gasteiger partial charge in [0.1, 0.15) is 12.4 Å². The van der Waals surface area contributed by atoms with E-state index in [1.54, 1.807) is 31.3 Å². The van der Waals surface area contributed by atoms with Crippen molar-refractivity contribution in [2.24, 2.45) is 0 Å². The lowest BCUT2D eigenvalue weighted by molar-refractivity contribution is 0.281. The number of hydrogen-bond acceptors (Lipinski definition) is 2. The van der Waals surface area contributed by atoms with E-state index in [2.05, 4.69) is 21.2 Å². The lowest BCUT2D eigenvalue weighted by Gasteiger charge is -2.13. The third-order valence-electron chi connectivity index (χ3n) is 2.80. The first kappa shape index (κ1) is 14.9. The number of halogens is 3. The fraction of sp³-hybridized carbons (Fsp3) is 0.200. The van der Waals surface area contributed by atoms with Gasteiger partial charge in [-0.05, 0) is 31.3 Å². The van der Waals surface area contributed by atoms with Gasteiger partial charge in [-0.25, -0.2) is 8.78 Å². The lowest BCUT2D eigenvalue weighted by Crippen LogP contribution is -2.09. The third-order valence-corrected chi connectivity index (χ3v) is 3.29. The summed E-state index contributed by atoms with van der Waals surface area (Å²) in [5.74, 6) is -0.672. The molecular formula is C15H14BrF2NO. The van der Waals surface area contributed by atoms with Crippen LogP contribution in [0, 0.1) is 11.6 Å². The van der Waals surface area contributed by atoms with Crippen LogP contribution >= 0.6 is 15.9 Å². The van der Waals surface area contributed by atoms with Gasteiger partial charge in [0, 0.05) is 22.1 Å². The van der Waals surface area contributed by atoms with Crippen molar-refractivity contribution >= 4 is 15.9 Å². The zero-order chi connectivity index (χ0) is 14.5. The highest BCUT2D eigenvalue weighted by molar-refractivity contribution is 9.10. The Morgan fingerprint density at radius 2 is 1.90 bits per heavy atom. The molecule has 0 fully saturated rings. The molecule has 2 aromatic carbocycles. The van der Waals surface area contributed by atoms with E-state index >= 15 is 0 Å². The first-order valence-corrected chi connectivity index (χ1v) is 6.90. The maximum absolute atomic E-state index is 13.8. The minimum Gasteiger partial charge on any atom is -0.485 e. The van der Waals surface area contributed by atoms with E-state index in [0.29, 0.717) is 17.7 Å². The highest BCUT2D eigenvalue weighted by Crippen LogP contribution is 2.25. The molecule has 20 heavy (non-hydrogen) atoms. The topological polar surface area (TPSA) is 21.3 Å². The molecule has 106 valence electrons. The van der Waals surface area contributed by atoms with Gasteiger partial charge in [-0.15, -0.1) is 0 Å². The van der Waals surface area contributed by atoms with Crippen LogP contribution in [0.25, 0.3) is 0 Å². The molecule has 0 saturated carbocycles. The molecule has 2 aromatic rings. The van der Waals surface area contributed by atoms with Crippen molar-refractivity contribution in [2.45, 2.75) is 13.2 Å². The summed E-state index contributed by atoms with van der Waals surface area (Å²) in [7, 11) is 1.77. The summed E-state index contributed by atoms with van der Waals surface area (Å²) in [6, 6.07) is 9.29. The van der Waals surface area contributed by atoms with E-state index < -0.39 is 5.82 Å². The Bertz CT molecular complexity index is 604. The standard InChI is InChI=1S/C15H14BrF2NO/c1-19-8-10-3-2-4-14(18)15(10)20-9-11-7-12(16)5-6-13(11)17/h2-7,19H,8-9H2,1H3. The Hall–Kier alpha value is -1.46. The van der Waals surface area contributed by atoms with E-state index in [4.69, 9.17) is 4.74 Å². The van der Waals surface area contributed by atoms with E-state index in [1.807, 2.05) is 0 Å². The molecule has 0 radical (unpaired) electrons. The normalized spacial score (nSPS) is 10.6. The molecule has 0 heterocycles. The van der Waals surface area contributed by atoms with Crippen LogP contribution < -0.4 is 10.1 Å². The first-order chi connectivity index (χ1) is 9.61. The lowest BCUT2D eigenvalue weighted by atomic mass is 10.2. The van der Waals surface area contributed by atoms with Crippen LogP contribution in [0.15, 0.2) is 40.9 Å². The molecule has 0 bridgehead atoms. The van der Waals surface area contributed by atoms with Gasteiger partial charge in [0.05, 0.1) is 0 Å². The van der Waals surface area contributed by atoms with Gasteiger partial charge in [-0.1, -0.05) is 28.1 Å². The maximum Gasteiger partial charge on any atom is 0.165 e. The molecule has 0 saturated heterocycles. The number of rotatable bonds is 5. The highest BCUT2D eigenvalue weighted by Gasteiger charge is 2.11. The first-order valence-electron chi connectivity index (χ1n) is 6.10. The van der Waals surface area contributed by atoms with Crippen LogP contribution in [0.2, 0.25) is 0 Å². The van der Waals surface area contributed by atoms with E-state index in [0.717, 1.165) is 4.47 Å². The van der Waals surface area contributed by atoms with Crippen LogP contribution in [-0.2, 0) is 13.2 Å². The number of benzene rings is 2. The van der Waals surface area contributed by atoms with Crippen molar-refractivity contribution < 1.29 is 13.5 Å². The Morgan fingerprint density at radius 3 is 2.65 bits per heavy atom. The molecule has 0 aliphatic heterocycles. The smallest absolute Gasteiger partial charge is 0.165 e. The second kappa shape index (κ2) is 6.81. The SMILES string of the molecule is CNCc1cccc(F)c1OCc1cc(Br)ccc1F. The van der Waals surface area contributed by atoms with Crippen molar-refractivity contribution in [3.63, 3.8) is 0 Å². The second-order valence-corrected chi connectivity index (χ2v) is 5.20. The third kappa shape index (κ3) is 3.55. The molecule has 0 amide bonds. The van der Waals surface area contributed by atoms with Crippen molar-refractivity contribution in [3.05, 3.63) is 63.6 Å². The molecule has 0 aliphatic carbocycles. The molecule has 0 aliphatic rings. The minimum atomic E-state index is -0.451. The van der Waals surface area contributed by atoms with Gasteiger partial charge in [0.25, 0.3) is 0 Å². The quantitative estimate of drug-likeness (QED) is 0.886. The van der Waals surface area contributed by atoms with Gasteiger partial charge in [-0.3, -0.25) is 0 Å². The van der Waals surface area contributed by atoms with Crippen LogP contribution in [0.5, 0.6) is 5.75 Å². The summed E-state index contributed by atoms with van der Waals surface area (Å²) < 4.78 is 33.6. The number of nitrogens with one attached hydrogen (secondary N) is 1. The fourth-order valence-electron chi connectivity index (χ4n) is 1.85. The molecule has 2 rings (SSSR count). The van der Waals surface area contributed by atoms with Crippen LogP contribution in [0.4, 0.5) is 8.78 Å². The average molecular weight is 342 g/mol. The van der Waals surface area contributed by atoms with E-state index in [1.165, 1.54) is 12.1 Å². The maximum atomic E-state index is 13.8. The van der Waals surface area contributed by atoms with Crippen molar-refractivity contribution in [1.82, 2.24) is 5.32 Å². The van der Waals surface area contributed by atoms with Gasteiger partial charge in [0.2, 0.25) is 0 Å². The zero-order valence-corrected chi connectivity index (χ0v) is 12.5. The van der Waals surface area contributed by atoms with E-state index in [-0.39, 0.29) is 18.2 Å². The second-order valence-electron chi connectivity index (χ2n) is 4.28. The Balaban J connectivity index is 2.20. The molecule has 0 aromatic heterocycles. The Labute approximate surface area is 124 Å². The Kier molecular flexibility index (Phi) is 5.09. The summed E-state index contributed by atoms with van der Waals surface area (Å²) >= 11 is 3.27. The summed E-state index contributed by atoms with van der Waals surface area (Å²) in [6.07, 6.45) is 0. The Morgan fingerprint density at radius 1 is 1.10 bits per heavy atom. The van der Waals surface area contributed by atoms with Crippen LogP contribution in [-0.4, -0.2) is 7.05 Å². The molecular weight excluding hydrogens is 328 g/mol. The minimum absolute atomic E-state index is 0.0249. The van der Waals surface area contributed by atoms with Crippen molar-refractivity contribution in [3.8, 4) is 5.75 Å². The highest BCUT2D eigenvalue weighted by atomic mass is 79.9. The summed E-state index contributed by atoms with van der Waals surface area (Å²) in [5, 5.41) is 2.94. The molecule has 2 nitrogen and oxygen atoms in total. The molecule has 0 unspecified atom stereocenters. The van der Waals surface area contributed by atoms with Gasteiger partial charge in [0.15, 0.2) is 11.6 Å². The zero-order valence-electron chi connectivity index (χ0n) is 10.9. The van der Waals surface area contributed by atoms with Gasteiger partial charge < -0.3 is 10.1 Å².